The van der Waals surface area contributed by atoms with Crippen LogP contribution in [0.15, 0.2) is 0 Å². The van der Waals surface area contributed by atoms with E-state index in [4.69, 9.17) is 5.11 Å². The maximum absolute atomic E-state index is 10.4. The Morgan fingerprint density at radius 1 is 0.471 bits per heavy atom. The number of rotatable bonds is 25. The van der Waals surface area contributed by atoms with Crippen molar-refractivity contribution in [2.45, 2.75) is 174 Å². The largest absolute Gasteiger partial charge is 0.481 e. The zero-order chi connectivity index (χ0) is 24.8. The average molecular weight is 473 g/mol. The van der Waals surface area contributed by atoms with Crippen LogP contribution in [0.4, 0.5) is 0 Å². The Bertz CT molecular complexity index is 543. The van der Waals surface area contributed by atoms with Crippen LogP contribution in [-0.2, 0) is 4.79 Å². The van der Waals surface area contributed by atoms with Crippen LogP contribution < -0.4 is 0 Å². The molecule has 0 unspecified atom stereocenters. The van der Waals surface area contributed by atoms with E-state index in [1.807, 2.05) is 0 Å². The van der Waals surface area contributed by atoms with Gasteiger partial charge in [0.1, 0.15) is 0 Å². The lowest BCUT2D eigenvalue weighted by molar-refractivity contribution is -0.137. The molecule has 0 aromatic rings. The lowest BCUT2D eigenvalue weighted by Crippen LogP contribution is -1.93. The highest BCUT2D eigenvalue weighted by Crippen LogP contribution is 2.14. The van der Waals surface area contributed by atoms with Gasteiger partial charge < -0.3 is 5.11 Å². The van der Waals surface area contributed by atoms with Crippen LogP contribution in [0.3, 0.4) is 0 Å². The molecular formula is C32H56O2. The number of hydrogen-bond acceptors (Lipinski definition) is 1. The molecule has 0 aliphatic rings. The average Bonchev–Trinajstić information content (AvgIpc) is 2.83. The SMILES string of the molecule is CCCCCCCCCCCCCCCCCC#CC#CCCCCCCCCCCC(=O)O. The minimum atomic E-state index is -0.671. The van der Waals surface area contributed by atoms with Gasteiger partial charge in [-0.2, -0.15) is 0 Å². The van der Waals surface area contributed by atoms with E-state index in [1.54, 1.807) is 0 Å². The molecule has 0 aromatic carbocycles. The fourth-order valence-corrected chi connectivity index (χ4v) is 4.35. The third-order valence-corrected chi connectivity index (χ3v) is 6.59. The van der Waals surface area contributed by atoms with Crippen LogP contribution in [-0.4, -0.2) is 11.1 Å². The Hall–Kier alpha value is -1.41. The molecule has 0 radical (unpaired) electrons. The second kappa shape index (κ2) is 29.6. The number of unbranched alkanes of at least 4 members (excludes halogenated alkanes) is 23. The first kappa shape index (κ1) is 32.6. The maximum Gasteiger partial charge on any atom is 0.303 e. The number of aliphatic carboxylic acids is 1. The molecule has 0 spiro atoms. The van der Waals surface area contributed by atoms with Crippen molar-refractivity contribution in [1.29, 1.82) is 0 Å². The summed E-state index contributed by atoms with van der Waals surface area (Å²) in [5.41, 5.74) is 0. The summed E-state index contributed by atoms with van der Waals surface area (Å²) in [4.78, 5) is 10.4. The van der Waals surface area contributed by atoms with Gasteiger partial charge in [0.15, 0.2) is 0 Å². The summed E-state index contributed by atoms with van der Waals surface area (Å²) in [6, 6.07) is 0. The quantitative estimate of drug-likeness (QED) is 0.106. The van der Waals surface area contributed by atoms with E-state index in [0.29, 0.717) is 6.42 Å². The van der Waals surface area contributed by atoms with Gasteiger partial charge in [0.25, 0.3) is 0 Å². The molecule has 34 heavy (non-hydrogen) atoms. The van der Waals surface area contributed by atoms with Gasteiger partial charge in [0, 0.05) is 19.3 Å². The molecule has 1 N–H and O–H groups in total. The van der Waals surface area contributed by atoms with E-state index in [0.717, 1.165) is 25.7 Å². The van der Waals surface area contributed by atoms with Crippen molar-refractivity contribution in [3.05, 3.63) is 0 Å². The minimum Gasteiger partial charge on any atom is -0.481 e. The van der Waals surface area contributed by atoms with Crippen molar-refractivity contribution in [3.8, 4) is 23.7 Å². The molecule has 0 saturated carbocycles. The Labute approximate surface area is 213 Å². The van der Waals surface area contributed by atoms with E-state index >= 15 is 0 Å². The first-order valence-electron chi connectivity index (χ1n) is 14.9. The molecule has 2 nitrogen and oxygen atoms in total. The fourth-order valence-electron chi connectivity index (χ4n) is 4.35. The molecule has 0 rings (SSSR count). The van der Waals surface area contributed by atoms with Crippen molar-refractivity contribution < 1.29 is 9.90 Å². The number of hydrogen-bond donors (Lipinski definition) is 1. The highest BCUT2D eigenvalue weighted by molar-refractivity contribution is 5.66. The van der Waals surface area contributed by atoms with E-state index in [-0.39, 0.29) is 0 Å². The van der Waals surface area contributed by atoms with Crippen molar-refractivity contribution >= 4 is 5.97 Å². The molecule has 196 valence electrons. The predicted molar refractivity (Wildman–Crippen MR) is 149 cm³/mol. The topological polar surface area (TPSA) is 37.3 Å². The molecule has 0 heterocycles. The van der Waals surface area contributed by atoms with E-state index in [2.05, 4.69) is 30.6 Å². The molecule has 0 aromatic heterocycles. The van der Waals surface area contributed by atoms with Gasteiger partial charge >= 0.3 is 5.97 Å². The minimum absolute atomic E-state index is 0.320. The Kier molecular flexibility index (Phi) is 28.4. The van der Waals surface area contributed by atoms with Crippen molar-refractivity contribution in [1.82, 2.24) is 0 Å². The molecule has 0 atom stereocenters. The summed E-state index contributed by atoms with van der Waals surface area (Å²) in [5, 5.41) is 8.60. The monoisotopic (exact) mass is 472 g/mol. The summed E-state index contributed by atoms with van der Waals surface area (Å²) >= 11 is 0. The maximum atomic E-state index is 10.4. The van der Waals surface area contributed by atoms with Crippen LogP contribution in [0.1, 0.15) is 174 Å². The van der Waals surface area contributed by atoms with Gasteiger partial charge in [-0.25, -0.2) is 0 Å². The third-order valence-electron chi connectivity index (χ3n) is 6.59. The summed E-state index contributed by atoms with van der Waals surface area (Å²) in [5.74, 6) is 11.8. The van der Waals surface area contributed by atoms with E-state index in [9.17, 15) is 4.79 Å². The molecular weight excluding hydrogens is 416 g/mol. The number of carboxylic acid groups (broad SMARTS) is 1. The summed E-state index contributed by atoms with van der Waals surface area (Å²) in [6.07, 6.45) is 32.6. The Morgan fingerprint density at radius 3 is 1.09 bits per heavy atom. The lowest BCUT2D eigenvalue weighted by atomic mass is 10.0. The van der Waals surface area contributed by atoms with Crippen molar-refractivity contribution in [2.24, 2.45) is 0 Å². The molecule has 0 bridgehead atoms. The fraction of sp³-hybridized carbons (Fsp3) is 0.844. The first-order chi connectivity index (χ1) is 16.8. The number of carboxylic acids is 1. The zero-order valence-electron chi connectivity index (χ0n) is 22.7. The second-order valence-electron chi connectivity index (χ2n) is 10.0. The summed E-state index contributed by atoms with van der Waals surface area (Å²) < 4.78 is 0. The molecule has 2 heteroatoms. The number of carbonyl (C=O) groups is 1. The lowest BCUT2D eigenvalue weighted by Gasteiger charge is -2.03. The molecule has 0 aliphatic heterocycles. The second-order valence-corrected chi connectivity index (χ2v) is 10.0. The van der Waals surface area contributed by atoms with Gasteiger partial charge in [-0.3, -0.25) is 4.79 Å². The van der Waals surface area contributed by atoms with Gasteiger partial charge in [-0.15, -0.1) is 0 Å². The van der Waals surface area contributed by atoms with Gasteiger partial charge in [-0.1, -0.05) is 147 Å². The van der Waals surface area contributed by atoms with Crippen LogP contribution in [0, 0.1) is 23.7 Å². The smallest absolute Gasteiger partial charge is 0.303 e. The third kappa shape index (κ3) is 30.6. The standard InChI is InChI=1S/C32H56O2/c1-2-3-4-5-6-7-8-9-10-11-12-13-14-15-16-17-18-19-20-21-22-23-24-25-26-27-28-29-30-31-32(33)34/h2-17,22-31H2,1H3,(H,33,34). The van der Waals surface area contributed by atoms with E-state index < -0.39 is 5.97 Å². The van der Waals surface area contributed by atoms with Gasteiger partial charge in [-0.05, 0) is 31.1 Å². The van der Waals surface area contributed by atoms with Crippen molar-refractivity contribution in [2.75, 3.05) is 0 Å². The zero-order valence-corrected chi connectivity index (χ0v) is 22.7. The van der Waals surface area contributed by atoms with E-state index in [1.165, 1.54) is 135 Å². The highest BCUT2D eigenvalue weighted by atomic mass is 16.4. The van der Waals surface area contributed by atoms with Gasteiger partial charge in [0.2, 0.25) is 0 Å². The van der Waals surface area contributed by atoms with Crippen LogP contribution in [0.25, 0.3) is 0 Å². The van der Waals surface area contributed by atoms with Crippen LogP contribution in [0.2, 0.25) is 0 Å². The highest BCUT2D eigenvalue weighted by Gasteiger charge is 1.97. The van der Waals surface area contributed by atoms with Gasteiger partial charge in [0.05, 0.1) is 0 Å². The molecule has 0 saturated heterocycles. The van der Waals surface area contributed by atoms with Crippen molar-refractivity contribution in [3.63, 3.8) is 0 Å². The summed E-state index contributed by atoms with van der Waals surface area (Å²) in [7, 11) is 0. The predicted octanol–water partition coefficient (Wildman–Crippen LogP) is 10.2. The summed E-state index contributed by atoms with van der Waals surface area (Å²) in [6.45, 7) is 2.29. The first-order valence-corrected chi connectivity index (χ1v) is 14.9. The van der Waals surface area contributed by atoms with Crippen LogP contribution in [0.5, 0.6) is 0 Å². The van der Waals surface area contributed by atoms with Crippen LogP contribution >= 0.6 is 0 Å². The Morgan fingerprint density at radius 2 is 0.765 bits per heavy atom. The molecule has 0 fully saturated rings. The molecule has 0 aliphatic carbocycles. The molecule has 0 amide bonds. The normalized spacial score (nSPS) is 10.4. The Balaban J connectivity index is 3.21.